The van der Waals surface area contributed by atoms with E-state index in [1.54, 1.807) is 76.4 Å². The number of hydrogen-bond donors (Lipinski definition) is 6. The molecule has 446 valence electrons. The minimum absolute atomic E-state index is 0.0165. The van der Waals surface area contributed by atoms with Gasteiger partial charge in [0.15, 0.2) is 11.6 Å². The number of carbonyl (C=O) groups excluding carboxylic acids is 6. The Balaban J connectivity index is 0.958. The van der Waals surface area contributed by atoms with Crippen LogP contribution in [-0.4, -0.2) is 155 Å². The van der Waals surface area contributed by atoms with Gasteiger partial charge in [0.25, 0.3) is 11.8 Å². The lowest BCUT2D eigenvalue weighted by atomic mass is 9.91. The van der Waals surface area contributed by atoms with Crippen molar-refractivity contribution >= 4 is 64.0 Å². The maximum Gasteiger partial charge on any atom is 0.322 e. The van der Waals surface area contributed by atoms with Gasteiger partial charge in [-0.25, -0.2) is 4.79 Å². The highest BCUT2D eigenvalue weighted by Crippen LogP contribution is 2.37. The first-order chi connectivity index (χ1) is 39.8. The summed E-state index contributed by atoms with van der Waals surface area (Å²) < 4.78 is 24.6. The van der Waals surface area contributed by atoms with E-state index in [4.69, 9.17) is 18.9 Å². The number of ether oxygens (including phenoxy) is 4. The molecule has 0 bridgehead atoms. The molecule has 0 aliphatic carbocycles. The first kappa shape index (κ1) is 62.9. The molecule has 20 nitrogen and oxygen atoms in total. The number of Topliss-reactive ketones (excluding diaryl/α,β-unsaturated/α-hetero) is 2. The van der Waals surface area contributed by atoms with Crippen LogP contribution in [0.3, 0.4) is 0 Å². The summed E-state index contributed by atoms with van der Waals surface area (Å²) in [5.41, 5.74) is 4.72. The Kier molecular flexibility index (Phi) is 22.0. The van der Waals surface area contributed by atoms with E-state index in [0.29, 0.717) is 75.4 Å². The lowest BCUT2D eigenvalue weighted by Crippen LogP contribution is -2.50. The summed E-state index contributed by atoms with van der Waals surface area (Å²) >= 11 is 0. The number of urea groups is 1. The first-order valence-electron chi connectivity index (χ1n) is 29.1. The minimum atomic E-state index is -1.41. The Morgan fingerprint density at radius 1 is 0.880 bits per heavy atom. The van der Waals surface area contributed by atoms with E-state index < -0.39 is 29.2 Å². The van der Waals surface area contributed by atoms with Crippen LogP contribution in [-0.2, 0) is 35.2 Å². The molecule has 4 heterocycles. The van der Waals surface area contributed by atoms with E-state index in [-0.39, 0.29) is 68.8 Å². The number of fused-ring (bicyclic) bond motifs is 1. The number of anilines is 3. The number of likely N-dealkylation sites (N-methyl/N-ethyl adjacent to an activating group) is 1. The van der Waals surface area contributed by atoms with Gasteiger partial charge in [-0.15, -0.1) is 0 Å². The van der Waals surface area contributed by atoms with Crippen molar-refractivity contribution < 1.29 is 47.7 Å². The number of ketones is 2. The zero-order valence-electron chi connectivity index (χ0n) is 50.0. The van der Waals surface area contributed by atoms with Gasteiger partial charge in [-0.1, -0.05) is 45.9 Å². The maximum atomic E-state index is 14.4. The number of rotatable bonds is 31. The number of carbonyl (C=O) groups is 6. The van der Waals surface area contributed by atoms with E-state index in [0.717, 1.165) is 68.8 Å². The average molecular weight is 1140 g/mol. The highest BCUT2D eigenvalue weighted by molar-refractivity contribution is 6.35. The Morgan fingerprint density at radius 3 is 2.34 bits per heavy atom. The number of nitrogens with one attached hydrogen (secondary N) is 6. The Hall–Kier alpha value is -7.65. The molecule has 5 aromatic rings. The summed E-state index contributed by atoms with van der Waals surface area (Å²) in [7, 11) is 1.58. The zero-order valence-corrected chi connectivity index (χ0v) is 50.0. The van der Waals surface area contributed by atoms with Gasteiger partial charge >= 0.3 is 6.03 Å². The second kappa shape index (κ2) is 29.0. The molecule has 2 aromatic heterocycles. The largest absolute Gasteiger partial charge is 0.497 e. The van der Waals surface area contributed by atoms with Gasteiger partial charge in [0.1, 0.15) is 35.4 Å². The van der Waals surface area contributed by atoms with Crippen LogP contribution >= 0.6 is 0 Å². The predicted octanol–water partition coefficient (Wildman–Crippen LogP) is 9.42. The van der Waals surface area contributed by atoms with E-state index in [9.17, 15) is 28.8 Å². The van der Waals surface area contributed by atoms with Gasteiger partial charge in [0.2, 0.25) is 5.91 Å². The van der Waals surface area contributed by atoms with Crippen molar-refractivity contribution in [2.75, 3.05) is 88.6 Å². The molecule has 3 aromatic carbocycles. The number of aromatic amines is 2. The molecule has 0 saturated carbocycles. The number of nitrogens with zero attached hydrogens (tertiary/aromatic N) is 4. The average Bonchev–Trinajstić information content (AvgIpc) is 3.83. The fraction of sp³-hybridized carbons (Fsp3) is 0.476. The highest BCUT2D eigenvalue weighted by atomic mass is 16.5. The molecule has 20 heteroatoms. The molecule has 2 aliphatic rings. The van der Waals surface area contributed by atoms with Crippen LogP contribution in [0.5, 0.6) is 11.5 Å². The van der Waals surface area contributed by atoms with Crippen LogP contribution in [0.4, 0.5) is 21.9 Å². The molecular formula is C63H84N10O10. The van der Waals surface area contributed by atoms with Crippen molar-refractivity contribution in [2.45, 2.75) is 125 Å². The van der Waals surface area contributed by atoms with Gasteiger partial charge in [0, 0.05) is 85.7 Å². The maximum absolute atomic E-state index is 14.4. The molecule has 5 amide bonds. The Labute approximate surface area is 487 Å². The number of aromatic nitrogens is 3. The second-order valence-corrected chi connectivity index (χ2v) is 21.6. The standard InChI is InChI=1S/C63H84N10O10/c1-11-62(8,55(74)24-25-56(75)68-47-21-23-51-49(36-47)50(59(77)69-51)37-53-41(5)57(42(6)67-53)60(78)64-26-29-71(13-3)14-4)83-43(7)58(76)63(9,12-2)82-33-31-73(40-44-18-17-19-48(34-44)80-10)61(79)70-52-22-20-45(46-38-65-66-39-46)35-54(52)81-32-30-72-27-15-16-28-72/h17-23,34-39,43,67H,11-16,24-33,40H2,1-10H3,(H,64,78)(H,65,66)(H,68,75)(H,69,77)(H,70,79)/b50-37-/t43-,62?,63?/m0/s1. The van der Waals surface area contributed by atoms with Crippen molar-refractivity contribution in [2.24, 2.45) is 0 Å². The monoisotopic (exact) mass is 1140 g/mol. The van der Waals surface area contributed by atoms with Gasteiger partial charge in [0.05, 0.1) is 36.7 Å². The molecule has 2 unspecified atom stereocenters. The van der Waals surface area contributed by atoms with E-state index in [1.165, 1.54) is 0 Å². The van der Waals surface area contributed by atoms with Crippen molar-refractivity contribution in [1.29, 1.82) is 0 Å². The summed E-state index contributed by atoms with van der Waals surface area (Å²) in [6, 6.07) is 17.7. The van der Waals surface area contributed by atoms with Crippen LogP contribution < -0.4 is 30.7 Å². The molecule has 1 fully saturated rings. The third-order valence-electron chi connectivity index (χ3n) is 16.0. The number of H-pyrrole nitrogens is 2. The smallest absolute Gasteiger partial charge is 0.322 e. The number of aryl methyl sites for hydroxylation is 1. The highest BCUT2D eigenvalue weighted by Gasteiger charge is 2.42. The normalized spacial score (nSPS) is 15.5. The zero-order chi connectivity index (χ0) is 59.8. The molecule has 0 radical (unpaired) electrons. The molecule has 1 saturated heterocycles. The van der Waals surface area contributed by atoms with Crippen molar-refractivity contribution in [1.82, 2.24) is 35.2 Å². The number of likely N-dealkylation sites (tertiary alicyclic amines) is 1. The minimum Gasteiger partial charge on any atom is -0.497 e. The van der Waals surface area contributed by atoms with E-state index in [1.807, 2.05) is 63.2 Å². The summed E-state index contributed by atoms with van der Waals surface area (Å²) in [6.45, 7) is 22.9. The van der Waals surface area contributed by atoms with E-state index in [2.05, 4.69) is 60.1 Å². The fourth-order valence-corrected chi connectivity index (χ4v) is 10.5. The molecule has 0 spiro atoms. The third-order valence-corrected chi connectivity index (χ3v) is 16.0. The number of benzene rings is 3. The molecule has 3 atom stereocenters. The van der Waals surface area contributed by atoms with Gasteiger partial charge < -0.3 is 55.0 Å². The molecule has 83 heavy (non-hydrogen) atoms. The Morgan fingerprint density at radius 2 is 1.64 bits per heavy atom. The quantitative estimate of drug-likeness (QED) is 0.0227. The predicted molar refractivity (Wildman–Crippen MR) is 323 cm³/mol. The van der Waals surface area contributed by atoms with Gasteiger partial charge in [-0.3, -0.25) is 34.0 Å². The number of methoxy groups -OCH3 is 1. The third kappa shape index (κ3) is 16.1. The van der Waals surface area contributed by atoms with Crippen LogP contribution in [0.15, 0.2) is 73.1 Å². The van der Waals surface area contributed by atoms with Crippen molar-refractivity contribution in [3.63, 3.8) is 0 Å². The lowest BCUT2D eigenvalue weighted by Gasteiger charge is -2.35. The molecular weight excluding hydrogens is 1060 g/mol. The van der Waals surface area contributed by atoms with Crippen LogP contribution in [0.1, 0.15) is 125 Å². The van der Waals surface area contributed by atoms with Crippen molar-refractivity contribution in [3.05, 3.63) is 107 Å². The Bertz CT molecular complexity index is 3110. The number of amides is 5. The topological polar surface area (TPSA) is 242 Å². The summed E-state index contributed by atoms with van der Waals surface area (Å²) in [5.74, 6) is -0.534. The van der Waals surface area contributed by atoms with Crippen molar-refractivity contribution in [3.8, 4) is 22.6 Å². The van der Waals surface area contributed by atoms with E-state index >= 15 is 0 Å². The summed E-state index contributed by atoms with van der Waals surface area (Å²) in [4.78, 5) is 92.2. The van der Waals surface area contributed by atoms with Crippen LogP contribution in [0.25, 0.3) is 22.8 Å². The second-order valence-electron chi connectivity index (χ2n) is 21.6. The molecule has 7 rings (SSSR count). The van der Waals surface area contributed by atoms with Gasteiger partial charge in [-0.05, 0) is 152 Å². The molecule has 2 aliphatic heterocycles. The summed E-state index contributed by atoms with van der Waals surface area (Å²) in [5, 5.41) is 18.8. The van der Waals surface area contributed by atoms with Crippen LogP contribution in [0.2, 0.25) is 0 Å². The lowest BCUT2D eigenvalue weighted by molar-refractivity contribution is -0.170. The van der Waals surface area contributed by atoms with Crippen LogP contribution in [0, 0.1) is 13.8 Å². The SMILES string of the molecule is CCN(CC)CCNC(=O)c1c(C)[nH]c(/C=C2\C(=O)Nc3ccc(NC(=O)CCC(=O)C(C)(CC)O[C@@H](C)C(=O)C(C)(CC)OCCN(Cc4cccc(OC)c4)C(=O)Nc4ccc(-c5cn[nH]c5)cc4OCCN4CCCC4)cc32)c1C. The number of hydrogen-bond acceptors (Lipinski definition) is 13. The summed E-state index contributed by atoms with van der Waals surface area (Å²) in [6.07, 6.45) is 6.64. The van der Waals surface area contributed by atoms with Gasteiger partial charge in [-0.2, -0.15) is 5.10 Å². The molecule has 6 N–H and O–H groups in total. The fourth-order valence-electron chi connectivity index (χ4n) is 10.5. The first-order valence-corrected chi connectivity index (χ1v) is 29.1.